The Balaban J connectivity index is 1.70. The SMILES string of the molecule is COC1CCN(CCC(=O)Nc2cccc(N)c2)CC1. The summed E-state index contributed by atoms with van der Waals surface area (Å²) < 4.78 is 5.34. The number of piperidine rings is 1. The summed E-state index contributed by atoms with van der Waals surface area (Å²) in [5, 5.41) is 2.87. The first-order chi connectivity index (χ1) is 9.67. The largest absolute Gasteiger partial charge is 0.399 e. The summed E-state index contributed by atoms with van der Waals surface area (Å²) in [5.74, 6) is 0.0319. The molecule has 0 radical (unpaired) electrons. The predicted octanol–water partition coefficient (Wildman–Crippen LogP) is 1.71. The molecule has 1 aliphatic heterocycles. The van der Waals surface area contributed by atoms with E-state index in [1.165, 1.54) is 0 Å². The van der Waals surface area contributed by atoms with E-state index in [0.29, 0.717) is 18.2 Å². The molecule has 1 aromatic rings. The van der Waals surface area contributed by atoms with Crippen molar-refractivity contribution in [3.8, 4) is 0 Å². The number of carbonyl (C=O) groups excluding carboxylic acids is 1. The van der Waals surface area contributed by atoms with Crippen molar-refractivity contribution in [1.29, 1.82) is 0 Å². The number of hydrogen-bond donors (Lipinski definition) is 2. The van der Waals surface area contributed by atoms with Gasteiger partial charge >= 0.3 is 0 Å². The van der Waals surface area contributed by atoms with Gasteiger partial charge < -0.3 is 20.7 Å². The number of anilines is 2. The Hall–Kier alpha value is -1.59. The standard InChI is InChI=1S/C15H23N3O2/c1-20-14-5-8-18(9-6-14)10-7-15(19)17-13-4-2-3-12(16)11-13/h2-4,11,14H,5-10,16H2,1H3,(H,17,19). The second kappa shape index (κ2) is 7.26. The number of nitrogens with two attached hydrogens (primary N) is 1. The molecule has 2 rings (SSSR count). The average molecular weight is 277 g/mol. The Kier molecular flexibility index (Phi) is 5.38. The zero-order valence-corrected chi connectivity index (χ0v) is 12.0. The van der Waals surface area contributed by atoms with Crippen molar-refractivity contribution in [3.05, 3.63) is 24.3 Å². The van der Waals surface area contributed by atoms with Crippen molar-refractivity contribution in [2.45, 2.75) is 25.4 Å². The van der Waals surface area contributed by atoms with Crippen molar-refractivity contribution in [2.75, 3.05) is 37.8 Å². The molecule has 0 aliphatic carbocycles. The maximum Gasteiger partial charge on any atom is 0.225 e. The first kappa shape index (κ1) is 14.8. The maximum absolute atomic E-state index is 11.9. The highest BCUT2D eigenvalue weighted by molar-refractivity contribution is 5.91. The second-order valence-corrected chi connectivity index (χ2v) is 5.20. The Morgan fingerprint density at radius 3 is 2.85 bits per heavy atom. The minimum absolute atomic E-state index is 0.0319. The van der Waals surface area contributed by atoms with E-state index in [1.54, 1.807) is 19.2 Å². The van der Waals surface area contributed by atoms with Crippen LogP contribution >= 0.6 is 0 Å². The molecule has 0 atom stereocenters. The third-order valence-electron chi connectivity index (χ3n) is 3.69. The number of ether oxygens (including phenoxy) is 1. The number of nitrogens with one attached hydrogen (secondary N) is 1. The fraction of sp³-hybridized carbons (Fsp3) is 0.533. The topological polar surface area (TPSA) is 67.6 Å². The van der Waals surface area contributed by atoms with Gasteiger partial charge in [0.15, 0.2) is 0 Å². The first-order valence-corrected chi connectivity index (χ1v) is 7.08. The van der Waals surface area contributed by atoms with Gasteiger partial charge in [0, 0.05) is 44.5 Å². The molecule has 1 saturated heterocycles. The lowest BCUT2D eigenvalue weighted by Crippen LogP contribution is -2.38. The first-order valence-electron chi connectivity index (χ1n) is 7.08. The predicted molar refractivity (Wildman–Crippen MR) is 80.6 cm³/mol. The molecule has 0 bridgehead atoms. The van der Waals surface area contributed by atoms with E-state index in [2.05, 4.69) is 10.2 Å². The average Bonchev–Trinajstić information content (AvgIpc) is 2.46. The Morgan fingerprint density at radius 2 is 2.20 bits per heavy atom. The molecule has 1 aromatic carbocycles. The molecule has 20 heavy (non-hydrogen) atoms. The van der Waals surface area contributed by atoms with Crippen LogP contribution in [0.1, 0.15) is 19.3 Å². The van der Waals surface area contributed by atoms with Crippen LogP contribution in [0.25, 0.3) is 0 Å². The molecule has 3 N–H and O–H groups in total. The number of rotatable bonds is 5. The quantitative estimate of drug-likeness (QED) is 0.804. The molecule has 0 saturated carbocycles. The maximum atomic E-state index is 11.9. The van der Waals surface area contributed by atoms with E-state index < -0.39 is 0 Å². The number of carbonyl (C=O) groups is 1. The van der Waals surface area contributed by atoms with Crippen LogP contribution in [-0.4, -0.2) is 43.7 Å². The smallest absolute Gasteiger partial charge is 0.225 e. The third-order valence-corrected chi connectivity index (χ3v) is 3.69. The molecule has 110 valence electrons. The van der Waals surface area contributed by atoms with Gasteiger partial charge in [-0.3, -0.25) is 4.79 Å². The number of methoxy groups -OCH3 is 1. The van der Waals surface area contributed by atoms with Crippen molar-refractivity contribution >= 4 is 17.3 Å². The summed E-state index contributed by atoms with van der Waals surface area (Å²) in [5.41, 5.74) is 7.09. The highest BCUT2D eigenvalue weighted by Gasteiger charge is 2.18. The van der Waals surface area contributed by atoms with Crippen LogP contribution in [0.15, 0.2) is 24.3 Å². The summed E-state index contributed by atoms with van der Waals surface area (Å²) in [6.45, 7) is 2.80. The lowest BCUT2D eigenvalue weighted by Gasteiger charge is -2.30. The second-order valence-electron chi connectivity index (χ2n) is 5.20. The lowest BCUT2D eigenvalue weighted by atomic mass is 10.1. The van der Waals surface area contributed by atoms with Gasteiger partial charge in [-0.15, -0.1) is 0 Å². The van der Waals surface area contributed by atoms with Gasteiger partial charge in [-0.05, 0) is 31.0 Å². The van der Waals surface area contributed by atoms with E-state index >= 15 is 0 Å². The number of amides is 1. The minimum Gasteiger partial charge on any atom is -0.399 e. The molecule has 1 amide bonds. The van der Waals surface area contributed by atoms with Gasteiger partial charge in [0.2, 0.25) is 5.91 Å². The highest BCUT2D eigenvalue weighted by Crippen LogP contribution is 2.14. The van der Waals surface area contributed by atoms with Crippen LogP contribution < -0.4 is 11.1 Å². The zero-order valence-electron chi connectivity index (χ0n) is 12.0. The fourth-order valence-corrected chi connectivity index (χ4v) is 2.47. The molecule has 0 aromatic heterocycles. The molecular weight excluding hydrogens is 254 g/mol. The van der Waals surface area contributed by atoms with Gasteiger partial charge in [0.1, 0.15) is 0 Å². The molecule has 1 fully saturated rings. The molecule has 5 nitrogen and oxygen atoms in total. The number of benzene rings is 1. The van der Waals surface area contributed by atoms with Gasteiger partial charge in [0.05, 0.1) is 6.10 Å². The normalized spacial score (nSPS) is 17.1. The van der Waals surface area contributed by atoms with Crippen molar-refractivity contribution in [3.63, 3.8) is 0 Å². The van der Waals surface area contributed by atoms with Crippen LogP contribution in [0.4, 0.5) is 11.4 Å². The number of nitrogens with zero attached hydrogens (tertiary/aromatic N) is 1. The number of hydrogen-bond acceptors (Lipinski definition) is 4. The molecule has 1 heterocycles. The minimum atomic E-state index is 0.0319. The fourth-order valence-electron chi connectivity index (χ4n) is 2.47. The summed E-state index contributed by atoms with van der Waals surface area (Å²) in [6, 6.07) is 7.25. The van der Waals surface area contributed by atoms with Crippen LogP contribution in [0.3, 0.4) is 0 Å². The third kappa shape index (κ3) is 4.51. The van der Waals surface area contributed by atoms with Crippen LogP contribution in [0.2, 0.25) is 0 Å². The van der Waals surface area contributed by atoms with Gasteiger partial charge in [0.25, 0.3) is 0 Å². The highest BCUT2D eigenvalue weighted by atomic mass is 16.5. The molecular formula is C15H23N3O2. The van der Waals surface area contributed by atoms with Crippen molar-refractivity contribution < 1.29 is 9.53 Å². The van der Waals surface area contributed by atoms with E-state index in [1.807, 2.05) is 12.1 Å². The van der Waals surface area contributed by atoms with Crippen LogP contribution in [-0.2, 0) is 9.53 Å². The van der Waals surface area contributed by atoms with Gasteiger partial charge in [-0.1, -0.05) is 6.07 Å². The van der Waals surface area contributed by atoms with E-state index in [9.17, 15) is 4.79 Å². The Bertz CT molecular complexity index is 442. The Morgan fingerprint density at radius 1 is 1.45 bits per heavy atom. The summed E-state index contributed by atoms with van der Waals surface area (Å²) >= 11 is 0. The molecule has 5 heteroatoms. The van der Waals surface area contributed by atoms with E-state index in [-0.39, 0.29) is 5.91 Å². The summed E-state index contributed by atoms with van der Waals surface area (Å²) in [6.07, 6.45) is 2.99. The molecule has 1 aliphatic rings. The van der Waals surface area contributed by atoms with E-state index in [0.717, 1.165) is 38.2 Å². The van der Waals surface area contributed by atoms with Crippen LogP contribution in [0.5, 0.6) is 0 Å². The monoisotopic (exact) mass is 277 g/mol. The summed E-state index contributed by atoms with van der Waals surface area (Å²) in [7, 11) is 1.76. The van der Waals surface area contributed by atoms with Crippen molar-refractivity contribution in [2.24, 2.45) is 0 Å². The lowest BCUT2D eigenvalue weighted by molar-refractivity contribution is -0.116. The Labute approximate surface area is 120 Å². The summed E-state index contributed by atoms with van der Waals surface area (Å²) in [4.78, 5) is 14.2. The molecule has 0 spiro atoms. The number of likely N-dealkylation sites (tertiary alicyclic amines) is 1. The number of nitrogen functional groups attached to an aromatic ring is 1. The van der Waals surface area contributed by atoms with Gasteiger partial charge in [-0.2, -0.15) is 0 Å². The van der Waals surface area contributed by atoms with E-state index in [4.69, 9.17) is 10.5 Å². The van der Waals surface area contributed by atoms with Crippen molar-refractivity contribution in [1.82, 2.24) is 4.90 Å². The zero-order chi connectivity index (χ0) is 14.4. The van der Waals surface area contributed by atoms with Crippen LogP contribution in [0, 0.1) is 0 Å². The molecule has 0 unspecified atom stereocenters. The van der Waals surface area contributed by atoms with Gasteiger partial charge in [-0.25, -0.2) is 0 Å².